The summed E-state index contributed by atoms with van der Waals surface area (Å²) in [5, 5.41) is 3.32. The third-order valence-electron chi connectivity index (χ3n) is 4.33. The van der Waals surface area contributed by atoms with Crippen LogP contribution < -0.4 is 16.0 Å². The molecule has 0 spiro atoms. The number of amides is 2. The minimum Gasteiger partial charge on any atom is -0.364 e. The fraction of sp³-hybridized carbons (Fsp3) is 0.500. The lowest BCUT2D eigenvalue weighted by molar-refractivity contribution is -0.134. The zero-order valence-corrected chi connectivity index (χ0v) is 14.7. The highest BCUT2D eigenvalue weighted by atomic mass is 35.5. The SMILES string of the molecule is Cl.NC[C@H]1CC[C@@H](C(=O)NC2CCN(c3ccccc3Cl)C2=O)O1. The topological polar surface area (TPSA) is 84.7 Å². The first-order chi connectivity index (χ1) is 11.1. The standard InChI is InChI=1S/C16H20ClN3O3.ClH/c17-11-3-1-2-4-13(11)20-8-7-12(16(20)22)19-15(21)14-6-5-10(9-18)23-14;/h1-4,10,12,14H,5-9,18H2,(H,19,21);1H/t10-,12?,14+;/m1./s1. The van der Waals surface area contributed by atoms with Gasteiger partial charge in [-0.1, -0.05) is 23.7 Å². The van der Waals surface area contributed by atoms with Gasteiger partial charge in [0.2, 0.25) is 11.8 Å². The monoisotopic (exact) mass is 373 g/mol. The van der Waals surface area contributed by atoms with Crippen LogP contribution in [0.4, 0.5) is 5.69 Å². The molecule has 0 aliphatic carbocycles. The van der Waals surface area contributed by atoms with Crippen molar-refractivity contribution in [2.24, 2.45) is 5.73 Å². The number of nitrogens with zero attached hydrogens (tertiary/aromatic N) is 1. The third kappa shape index (κ3) is 3.83. The number of nitrogens with one attached hydrogen (secondary N) is 1. The molecular formula is C16H21Cl2N3O3. The summed E-state index contributed by atoms with van der Waals surface area (Å²) < 4.78 is 5.57. The molecular weight excluding hydrogens is 353 g/mol. The number of para-hydroxylation sites is 1. The Balaban J connectivity index is 0.00000208. The normalized spacial score (nSPS) is 26.3. The summed E-state index contributed by atoms with van der Waals surface area (Å²) in [5.41, 5.74) is 6.23. The average Bonchev–Trinajstić information content (AvgIpc) is 3.16. The molecule has 0 aromatic heterocycles. The first kappa shape index (κ1) is 19.0. The zero-order chi connectivity index (χ0) is 16.4. The van der Waals surface area contributed by atoms with E-state index in [2.05, 4.69) is 5.32 Å². The van der Waals surface area contributed by atoms with E-state index in [0.717, 1.165) is 6.42 Å². The van der Waals surface area contributed by atoms with Crippen molar-refractivity contribution in [3.63, 3.8) is 0 Å². The van der Waals surface area contributed by atoms with E-state index in [1.807, 2.05) is 12.1 Å². The summed E-state index contributed by atoms with van der Waals surface area (Å²) in [6.45, 7) is 0.941. The van der Waals surface area contributed by atoms with Crippen molar-refractivity contribution in [2.75, 3.05) is 18.0 Å². The second-order valence-corrected chi connectivity index (χ2v) is 6.26. The van der Waals surface area contributed by atoms with E-state index >= 15 is 0 Å². The highest BCUT2D eigenvalue weighted by Crippen LogP contribution is 2.29. The molecule has 2 fully saturated rings. The summed E-state index contributed by atoms with van der Waals surface area (Å²) in [6.07, 6.45) is 1.40. The van der Waals surface area contributed by atoms with Crippen molar-refractivity contribution in [3.8, 4) is 0 Å². The molecule has 3 N–H and O–H groups in total. The van der Waals surface area contributed by atoms with Gasteiger partial charge in [-0.15, -0.1) is 12.4 Å². The third-order valence-corrected chi connectivity index (χ3v) is 4.65. The van der Waals surface area contributed by atoms with Gasteiger partial charge in [-0.05, 0) is 31.4 Å². The Morgan fingerprint density at radius 2 is 2.08 bits per heavy atom. The number of nitrogens with two attached hydrogens (primary N) is 1. The van der Waals surface area contributed by atoms with E-state index < -0.39 is 12.1 Å². The smallest absolute Gasteiger partial charge is 0.249 e. The van der Waals surface area contributed by atoms with Crippen molar-refractivity contribution in [3.05, 3.63) is 29.3 Å². The summed E-state index contributed by atoms with van der Waals surface area (Å²) in [5.74, 6) is -0.375. The van der Waals surface area contributed by atoms with Crippen LogP contribution in [0.25, 0.3) is 0 Å². The molecule has 0 bridgehead atoms. The average molecular weight is 374 g/mol. The van der Waals surface area contributed by atoms with Crippen molar-refractivity contribution in [1.29, 1.82) is 0 Å². The Kier molecular flexibility index (Phi) is 6.46. The van der Waals surface area contributed by atoms with Gasteiger partial charge in [-0.2, -0.15) is 0 Å². The molecule has 1 aromatic rings. The molecule has 2 aliphatic heterocycles. The number of anilines is 1. The van der Waals surface area contributed by atoms with Crippen LogP contribution in [-0.2, 0) is 14.3 Å². The first-order valence-electron chi connectivity index (χ1n) is 7.82. The van der Waals surface area contributed by atoms with Gasteiger partial charge in [0.1, 0.15) is 12.1 Å². The second-order valence-electron chi connectivity index (χ2n) is 5.85. The Labute approximate surface area is 152 Å². The molecule has 24 heavy (non-hydrogen) atoms. The summed E-state index contributed by atoms with van der Waals surface area (Å²) in [6, 6.07) is 6.67. The van der Waals surface area contributed by atoms with E-state index in [1.54, 1.807) is 17.0 Å². The van der Waals surface area contributed by atoms with Crippen molar-refractivity contribution in [2.45, 2.75) is 37.5 Å². The quantitative estimate of drug-likeness (QED) is 0.837. The molecule has 0 saturated carbocycles. The first-order valence-corrected chi connectivity index (χ1v) is 8.19. The molecule has 6 nitrogen and oxygen atoms in total. The Morgan fingerprint density at radius 1 is 1.33 bits per heavy atom. The van der Waals surface area contributed by atoms with Crippen molar-refractivity contribution in [1.82, 2.24) is 5.32 Å². The maximum atomic E-state index is 12.5. The van der Waals surface area contributed by atoms with E-state index in [0.29, 0.717) is 36.6 Å². The van der Waals surface area contributed by atoms with Crippen LogP contribution in [0.3, 0.4) is 0 Å². The minimum atomic E-state index is -0.528. The molecule has 8 heteroatoms. The van der Waals surface area contributed by atoms with Gasteiger partial charge in [0.05, 0.1) is 16.8 Å². The van der Waals surface area contributed by atoms with E-state index in [4.69, 9.17) is 22.1 Å². The van der Waals surface area contributed by atoms with Crippen LogP contribution in [0.15, 0.2) is 24.3 Å². The van der Waals surface area contributed by atoms with Crippen LogP contribution >= 0.6 is 24.0 Å². The number of carbonyl (C=O) groups is 2. The van der Waals surface area contributed by atoms with Crippen molar-refractivity contribution >= 4 is 41.5 Å². The molecule has 0 radical (unpaired) electrons. The molecule has 2 heterocycles. The Bertz CT molecular complexity index is 614. The molecule has 3 rings (SSSR count). The predicted octanol–water partition coefficient (Wildman–Crippen LogP) is 1.49. The van der Waals surface area contributed by atoms with E-state index in [1.165, 1.54) is 0 Å². The fourth-order valence-electron chi connectivity index (χ4n) is 3.06. The largest absolute Gasteiger partial charge is 0.364 e. The Hall–Kier alpha value is -1.34. The Morgan fingerprint density at radius 3 is 2.75 bits per heavy atom. The van der Waals surface area contributed by atoms with E-state index in [-0.39, 0.29) is 30.3 Å². The number of carbonyl (C=O) groups excluding carboxylic acids is 2. The lowest BCUT2D eigenvalue weighted by Gasteiger charge is -2.19. The predicted molar refractivity (Wildman–Crippen MR) is 94.6 cm³/mol. The van der Waals surface area contributed by atoms with E-state index in [9.17, 15) is 9.59 Å². The van der Waals surface area contributed by atoms with Crippen LogP contribution in [0, 0.1) is 0 Å². The number of ether oxygens (including phenoxy) is 1. The highest BCUT2D eigenvalue weighted by Gasteiger charge is 2.37. The van der Waals surface area contributed by atoms with Gasteiger partial charge in [-0.3, -0.25) is 9.59 Å². The summed E-state index contributed by atoms with van der Waals surface area (Å²) in [4.78, 5) is 26.4. The minimum absolute atomic E-state index is 0. The van der Waals surface area contributed by atoms with Gasteiger partial charge < -0.3 is 20.7 Å². The number of hydrogen-bond donors (Lipinski definition) is 2. The van der Waals surface area contributed by atoms with Crippen LogP contribution in [0.2, 0.25) is 5.02 Å². The maximum absolute atomic E-state index is 12.5. The number of rotatable bonds is 4. The number of benzene rings is 1. The molecule has 132 valence electrons. The molecule has 3 atom stereocenters. The van der Waals surface area contributed by atoms with Crippen molar-refractivity contribution < 1.29 is 14.3 Å². The lowest BCUT2D eigenvalue weighted by atomic mass is 10.1. The van der Waals surface area contributed by atoms with Crippen LogP contribution in [0.5, 0.6) is 0 Å². The molecule has 2 aliphatic rings. The lowest BCUT2D eigenvalue weighted by Crippen LogP contribution is -2.45. The number of halogens is 2. The second kappa shape index (κ2) is 8.16. The fourth-order valence-corrected chi connectivity index (χ4v) is 3.30. The summed E-state index contributed by atoms with van der Waals surface area (Å²) in [7, 11) is 0. The molecule has 1 aromatic carbocycles. The van der Waals surface area contributed by atoms with Crippen LogP contribution in [0.1, 0.15) is 19.3 Å². The maximum Gasteiger partial charge on any atom is 0.249 e. The number of hydrogen-bond acceptors (Lipinski definition) is 4. The zero-order valence-electron chi connectivity index (χ0n) is 13.1. The highest BCUT2D eigenvalue weighted by molar-refractivity contribution is 6.34. The molecule has 1 unspecified atom stereocenters. The van der Waals surface area contributed by atoms with Gasteiger partial charge in [0.25, 0.3) is 0 Å². The summed E-state index contributed by atoms with van der Waals surface area (Å²) >= 11 is 6.15. The van der Waals surface area contributed by atoms with Gasteiger partial charge in [0.15, 0.2) is 0 Å². The molecule has 2 amide bonds. The van der Waals surface area contributed by atoms with Gasteiger partial charge in [0, 0.05) is 13.1 Å². The van der Waals surface area contributed by atoms with Gasteiger partial charge in [-0.25, -0.2) is 0 Å². The van der Waals surface area contributed by atoms with Crippen LogP contribution in [-0.4, -0.2) is 43.2 Å². The van der Waals surface area contributed by atoms with Gasteiger partial charge >= 0.3 is 0 Å². The molecule has 2 saturated heterocycles.